The van der Waals surface area contributed by atoms with Gasteiger partial charge in [0, 0.05) is 19.1 Å². The van der Waals surface area contributed by atoms with E-state index in [1.54, 1.807) is 13.2 Å². The second kappa shape index (κ2) is 8.08. The van der Waals surface area contributed by atoms with Crippen molar-refractivity contribution >= 4 is 11.8 Å². The van der Waals surface area contributed by atoms with E-state index < -0.39 is 0 Å². The number of carbonyl (C=O) groups is 2. The second-order valence-electron chi connectivity index (χ2n) is 8.92. The van der Waals surface area contributed by atoms with Gasteiger partial charge in [0.05, 0.1) is 13.7 Å². The van der Waals surface area contributed by atoms with Crippen LogP contribution in [0.4, 0.5) is 0 Å². The molecule has 0 aromatic carbocycles. The number of ether oxygens (including phenoxy) is 2. The fourth-order valence-electron chi connectivity index (χ4n) is 5.60. The molecule has 146 valence electrons. The zero-order valence-electron chi connectivity index (χ0n) is 17.2. The summed E-state index contributed by atoms with van der Waals surface area (Å²) in [4.78, 5) is 24.5. The first-order valence-corrected chi connectivity index (χ1v) is 9.64. The highest BCUT2D eigenvalue weighted by Gasteiger charge is 2.55. The molecule has 0 amide bonds. The van der Waals surface area contributed by atoms with E-state index in [2.05, 4.69) is 27.7 Å². The van der Waals surface area contributed by atoms with Crippen molar-refractivity contribution in [3.63, 3.8) is 0 Å². The minimum Gasteiger partial charge on any atom is -0.466 e. The van der Waals surface area contributed by atoms with Crippen LogP contribution in [0.1, 0.15) is 59.8 Å². The Hall–Kier alpha value is -1.42. The lowest BCUT2D eigenvalue weighted by Crippen LogP contribution is -2.52. The molecule has 2 aliphatic carbocycles. The van der Waals surface area contributed by atoms with Crippen molar-refractivity contribution in [2.75, 3.05) is 20.8 Å². The van der Waals surface area contributed by atoms with Gasteiger partial charge in [0.15, 0.2) is 5.78 Å². The lowest BCUT2D eigenvalue weighted by atomic mass is 9.48. The monoisotopic (exact) mass is 362 g/mol. The molecule has 26 heavy (non-hydrogen) atoms. The Labute approximate surface area is 158 Å². The van der Waals surface area contributed by atoms with Crippen LogP contribution in [0.3, 0.4) is 0 Å². The maximum absolute atomic E-state index is 12.9. The molecule has 0 aliphatic heterocycles. The number of carbonyl (C=O) groups excluding carboxylic acids is 2. The van der Waals surface area contributed by atoms with E-state index in [4.69, 9.17) is 9.47 Å². The fraction of sp³-hybridized carbons (Fsp3) is 0.727. The molecule has 3 atom stereocenters. The average molecular weight is 363 g/mol. The number of hydrogen-bond acceptors (Lipinski definition) is 4. The maximum atomic E-state index is 12.9. The van der Waals surface area contributed by atoms with E-state index in [1.165, 1.54) is 19.1 Å². The van der Waals surface area contributed by atoms with E-state index in [-0.39, 0.29) is 22.7 Å². The van der Waals surface area contributed by atoms with Crippen molar-refractivity contribution < 1.29 is 19.1 Å². The quantitative estimate of drug-likeness (QED) is 0.516. The van der Waals surface area contributed by atoms with Gasteiger partial charge in [-0.1, -0.05) is 32.8 Å². The van der Waals surface area contributed by atoms with Gasteiger partial charge >= 0.3 is 5.97 Å². The highest BCUT2D eigenvalue weighted by molar-refractivity contribution is 5.95. The van der Waals surface area contributed by atoms with Gasteiger partial charge in [-0.25, -0.2) is 4.79 Å². The lowest BCUT2D eigenvalue weighted by Gasteiger charge is -2.55. The molecule has 0 saturated heterocycles. The summed E-state index contributed by atoms with van der Waals surface area (Å²) in [6.45, 7) is 9.30. The van der Waals surface area contributed by atoms with Crippen molar-refractivity contribution in [3.8, 4) is 0 Å². The van der Waals surface area contributed by atoms with Crippen molar-refractivity contribution in [1.82, 2.24) is 0 Å². The van der Waals surface area contributed by atoms with Gasteiger partial charge in [-0.2, -0.15) is 0 Å². The molecule has 0 unspecified atom stereocenters. The Morgan fingerprint density at radius 3 is 2.58 bits per heavy atom. The number of allylic oxidation sites excluding steroid dienone is 2. The molecule has 0 N–H and O–H groups in total. The third kappa shape index (κ3) is 4.11. The molecule has 0 bridgehead atoms. The van der Waals surface area contributed by atoms with Gasteiger partial charge in [-0.05, 0) is 61.0 Å². The summed E-state index contributed by atoms with van der Waals surface area (Å²) in [6.07, 6.45) is 8.48. The van der Waals surface area contributed by atoms with E-state index in [0.29, 0.717) is 18.3 Å². The highest BCUT2D eigenvalue weighted by Crippen LogP contribution is 2.59. The number of hydrogen-bond donors (Lipinski definition) is 0. The number of esters is 1. The van der Waals surface area contributed by atoms with Crippen LogP contribution >= 0.6 is 0 Å². The van der Waals surface area contributed by atoms with Crippen LogP contribution in [0.5, 0.6) is 0 Å². The Morgan fingerprint density at radius 2 is 1.96 bits per heavy atom. The second-order valence-corrected chi connectivity index (χ2v) is 8.92. The van der Waals surface area contributed by atoms with Crippen molar-refractivity contribution in [2.24, 2.45) is 22.7 Å². The van der Waals surface area contributed by atoms with Gasteiger partial charge < -0.3 is 9.47 Å². The maximum Gasteiger partial charge on any atom is 0.330 e. The number of ketones is 1. The SMILES string of the molecule is COC/C(=C/C(=O)OC)CC[C@@H]1C(C)=CC(=O)[C@@H]2C(C)(C)CCC[C@]12C. The smallest absolute Gasteiger partial charge is 0.330 e. The third-order valence-electron chi connectivity index (χ3n) is 6.58. The van der Waals surface area contributed by atoms with E-state index in [1.807, 2.05) is 6.08 Å². The van der Waals surface area contributed by atoms with Gasteiger partial charge in [0.2, 0.25) is 0 Å². The Bertz CT molecular complexity index is 614. The van der Waals surface area contributed by atoms with E-state index in [0.717, 1.165) is 31.3 Å². The Kier molecular flexibility index (Phi) is 6.49. The minimum atomic E-state index is -0.342. The highest BCUT2D eigenvalue weighted by atomic mass is 16.5. The van der Waals surface area contributed by atoms with Crippen LogP contribution in [-0.2, 0) is 19.1 Å². The molecule has 0 aromatic heterocycles. The topological polar surface area (TPSA) is 52.6 Å². The molecule has 4 nitrogen and oxygen atoms in total. The summed E-state index contributed by atoms with van der Waals surface area (Å²) in [6, 6.07) is 0. The van der Waals surface area contributed by atoms with Gasteiger partial charge in [0.25, 0.3) is 0 Å². The van der Waals surface area contributed by atoms with E-state index in [9.17, 15) is 9.59 Å². The Morgan fingerprint density at radius 1 is 1.27 bits per heavy atom. The predicted molar refractivity (Wildman–Crippen MR) is 103 cm³/mol. The summed E-state index contributed by atoms with van der Waals surface area (Å²) in [5.74, 6) is 0.384. The van der Waals surface area contributed by atoms with Crippen LogP contribution in [0.25, 0.3) is 0 Å². The summed E-state index contributed by atoms with van der Waals surface area (Å²) in [5, 5.41) is 0. The molecular weight excluding hydrogens is 328 g/mol. The van der Waals surface area contributed by atoms with E-state index >= 15 is 0 Å². The molecule has 0 aromatic rings. The fourth-order valence-corrected chi connectivity index (χ4v) is 5.60. The summed E-state index contributed by atoms with van der Waals surface area (Å²) in [5.41, 5.74) is 2.15. The zero-order valence-corrected chi connectivity index (χ0v) is 17.2. The average Bonchev–Trinajstić information content (AvgIpc) is 2.52. The van der Waals surface area contributed by atoms with Crippen molar-refractivity contribution in [1.29, 1.82) is 0 Å². The molecule has 2 aliphatic rings. The summed E-state index contributed by atoms with van der Waals surface area (Å²) >= 11 is 0. The molecule has 2 rings (SSSR count). The van der Waals surface area contributed by atoms with Crippen LogP contribution in [0, 0.1) is 22.7 Å². The number of fused-ring (bicyclic) bond motifs is 1. The first-order chi connectivity index (χ1) is 12.2. The first-order valence-electron chi connectivity index (χ1n) is 9.64. The van der Waals surface area contributed by atoms with Gasteiger partial charge in [-0.3, -0.25) is 4.79 Å². The van der Waals surface area contributed by atoms with Gasteiger partial charge in [-0.15, -0.1) is 0 Å². The van der Waals surface area contributed by atoms with Crippen LogP contribution in [0.15, 0.2) is 23.3 Å². The van der Waals surface area contributed by atoms with Crippen molar-refractivity contribution in [3.05, 3.63) is 23.3 Å². The molecular formula is C22H34O4. The predicted octanol–water partition coefficient (Wildman–Crippen LogP) is 4.49. The summed E-state index contributed by atoms with van der Waals surface area (Å²) < 4.78 is 10.0. The molecule has 1 saturated carbocycles. The normalized spacial score (nSPS) is 31.2. The largest absolute Gasteiger partial charge is 0.466 e. The molecule has 0 spiro atoms. The minimum absolute atomic E-state index is 0.0128. The number of rotatable bonds is 6. The molecule has 0 heterocycles. The molecule has 0 radical (unpaired) electrons. The summed E-state index contributed by atoms with van der Waals surface area (Å²) in [7, 11) is 3.02. The lowest BCUT2D eigenvalue weighted by molar-refractivity contribution is -0.136. The standard InChI is InChI=1S/C22H34O4/c1-15-12-18(23)20-21(2,3)10-7-11-22(20,4)17(15)9-8-16(14-25-5)13-19(24)26-6/h12-13,17,20H,7-11,14H2,1-6H3/b16-13+/t17-,20-,22-/m1/s1. The Balaban J connectivity index is 2.27. The van der Waals surface area contributed by atoms with Gasteiger partial charge in [0.1, 0.15) is 0 Å². The van der Waals surface area contributed by atoms with Crippen LogP contribution in [0.2, 0.25) is 0 Å². The zero-order chi connectivity index (χ0) is 19.5. The first kappa shape index (κ1) is 20.9. The third-order valence-corrected chi connectivity index (χ3v) is 6.58. The molecule has 1 fully saturated rings. The van der Waals surface area contributed by atoms with Crippen molar-refractivity contribution in [2.45, 2.75) is 59.8 Å². The van der Waals surface area contributed by atoms with Crippen LogP contribution in [-0.4, -0.2) is 32.6 Å². The van der Waals surface area contributed by atoms with Crippen LogP contribution < -0.4 is 0 Å². The number of methoxy groups -OCH3 is 2. The molecule has 4 heteroatoms.